The van der Waals surface area contributed by atoms with Crippen molar-refractivity contribution in [1.29, 1.82) is 0 Å². The van der Waals surface area contributed by atoms with Gasteiger partial charge in [-0.2, -0.15) is 0 Å². The highest BCUT2D eigenvalue weighted by Gasteiger charge is 2.51. The van der Waals surface area contributed by atoms with Gasteiger partial charge in [-0.15, -0.1) is 0 Å². The van der Waals surface area contributed by atoms with Crippen molar-refractivity contribution in [3.05, 3.63) is 71.8 Å². The van der Waals surface area contributed by atoms with Gasteiger partial charge in [-0.3, -0.25) is 0 Å². The third-order valence-corrected chi connectivity index (χ3v) is 6.72. The predicted octanol–water partition coefficient (Wildman–Crippen LogP) is 7.93. The van der Waals surface area contributed by atoms with Gasteiger partial charge in [0, 0.05) is 0 Å². The summed E-state index contributed by atoms with van der Waals surface area (Å²) in [6.45, 7) is 25.1. The van der Waals surface area contributed by atoms with Crippen LogP contribution >= 0.6 is 0 Å². The first-order chi connectivity index (χ1) is 14.2. The van der Waals surface area contributed by atoms with Crippen LogP contribution in [-0.2, 0) is 11.2 Å². The van der Waals surface area contributed by atoms with Crippen molar-refractivity contribution in [3.8, 4) is 0 Å². The van der Waals surface area contributed by atoms with Gasteiger partial charge in [0.25, 0.3) is 0 Å². The molecule has 32 heavy (non-hydrogen) atoms. The third-order valence-electron chi connectivity index (χ3n) is 6.72. The molecule has 0 unspecified atom stereocenters. The molecule has 0 heterocycles. The van der Waals surface area contributed by atoms with Crippen LogP contribution in [0.2, 0.25) is 0 Å². The average Bonchev–Trinajstić information content (AvgIpc) is 2.65. The molecule has 2 aromatic rings. The Balaban J connectivity index is 0.000000320. The van der Waals surface area contributed by atoms with Gasteiger partial charge in [0.1, 0.15) is 0 Å². The Hall–Kier alpha value is -1.64. The molecule has 0 bridgehead atoms. The molecule has 0 aliphatic rings. The SMILES string of the molecule is CC(C)(C)C(O)(c1ccccc1)C(C)(C)C.CC(C)(C)C(O)(c1ccccc1)C(C)(C)C. The summed E-state index contributed by atoms with van der Waals surface area (Å²) in [6.07, 6.45) is 0. The first-order valence-corrected chi connectivity index (χ1v) is 11.8. The molecule has 0 spiro atoms. The molecule has 0 aliphatic heterocycles. The lowest BCUT2D eigenvalue weighted by molar-refractivity contribution is -0.145. The fraction of sp³-hybridized carbons (Fsp3) is 0.600. The molecule has 2 N–H and O–H groups in total. The van der Waals surface area contributed by atoms with Crippen molar-refractivity contribution < 1.29 is 10.2 Å². The highest BCUT2D eigenvalue weighted by molar-refractivity contribution is 5.28. The fourth-order valence-electron chi connectivity index (χ4n) is 5.34. The Morgan fingerprint density at radius 1 is 0.375 bits per heavy atom. The minimum absolute atomic E-state index is 0.202. The van der Waals surface area contributed by atoms with Crippen LogP contribution in [0.1, 0.15) is 94.2 Å². The van der Waals surface area contributed by atoms with Crippen molar-refractivity contribution in [2.45, 2.75) is 94.3 Å². The zero-order valence-electron chi connectivity index (χ0n) is 22.7. The van der Waals surface area contributed by atoms with Crippen LogP contribution in [-0.4, -0.2) is 10.2 Å². The molecule has 0 atom stereocenters. The molecular weight excluding hydrogens is 392 g/mol. The summed E-state index contributed by atoms with van der Waals surface area (Å²) in [6, 6.07) is 19.9. The second-order valence-electron chi connectivity index (χ2n) is 13.2. The Kier molecular flexibility index (Phi) is 8.26. The van der Waals surface area contributed by atoms with Crippen molar-refractivity contribution in [3.63, 3.8) is 0 Å². The third kappa shape index (κ3) is 5.46. The second-order valence-corrected chi connectivity index (χ2v) is 13.2. The molecule has 2 nitrogen and oxygen atoms in total. The number of aliphatic hydroxyl groups is 2. The van der Waals surface area contributed by atoms with Gasteiger partial charge in [0.15, 0.2) is 0 Å². The van der Waals surface area contributed by atoms with Gasteiger partial charge >= 0.3 is 0 Å². The molecule has 0 radical (unpaired) electrons. The van der Waals surface area contributed by atoms with Gasteiger partial charge < -0.3 is 10.2 Å². The van der Waals surface area contributed by atoms with Crippen molar-refractivity contribution in [2.75, 3.05) is 0 Å². The molecule has 0 fully saturated rings. The Bertz CT molecular complexity index is 721. The first-order valence-electron chi connectivity index (χ1n) is 11.8. The van der Waals surface area contributed by atoms with Crippen molar-refractivity contribution >= 4 is 0 Å². The molecular formula is C30H48O2. The summed E-state index contributed by atoms with van der Waals surface area (Å²) in [5.74, 6) is 0. The molecule has 2 heteroatoms. The zero-order chi connectivity index (χ0) is 25.2. The van der Waals surface area contributed by atoms with Crippen LogP contribution < -0.4 is 0 Å². The molecule has 180 valence electrons. The summed E-state index contributed by atoms with van der Waals surface area (Å²) < 4.78 is 0. The summed E-state index contributed by atoms with van der Waals surface area (Å²) in [7, 11) is 0. The number of rotatable bonds is 2. The van der Waals surface area contributed by atoms with E-state index in [1.54, 1.807) is 0 Å². The summed E-state index contributed by atoms with van der Waals surface area (Å²) in [5.41, 5.74) is -0.481. The Labute approximate surface area is 198 Å². The van der Waals surface area contributed by atoms with Crippen LogP contribution in [0.15, 0.2) is 60.7 Å². The topological polar surface area (TPSA) is 40.5 Å². The summed E-state index contributed by atoms with van der Waals surface area (Å²) >= 11 is 0. The smallest absolute Gasteiger partial charge is 0.0992 e. The van der Waals surface area contributed by atoms with Crippen molar-refractivity contribution in [1.82, 2.24) is 0 Å². The maximum absolute atomic E-state index is 11.2. The zero-order valence-corrected chi connectivity index (χ0v) is 22.7. The fourth-order valence-corrected chi connectivity index (χ4v) is 5.34. The monoisotopic (exact) mass is 440 g/mol. The molecule has 0 aromatic heterocycles. The first kappa shape index (κ1) is 28.4. The lowest BCUT2D eigenvalue weighted by Gasteiger charge is -2.50. The van der Waals surface area contributed by atoms with Gasteiger partial charge in [0.05, 0.1) is 11.2 Å². The largest absolute Gasteiger partial charge is 0.384 e. The average molecular weight is 441 g/mol. The van der Waals surface area contributed by atoms with Crippen molar-refractivity contribution in [2.24, 2.45) is 21.7 Å². The minimum atomic E-state index is -0.832. The van der Waals surface area contributed by atoms with Crippen LogP contribution in [0.4, 0.5) is 0 Å². The van der Waals surface area contributed by atoms with E-state index in [0.29, 0.717) is 0 Å². The minimum Gasteiger partial charge on any atom is -0.384 e. The maximum Gasteiger partial charge on any atom is 0.0992 e. The molecule has 0 saturated carbocycles. The van der Waals surface area contributed by atoms with Gasteiger partial charge in [0.2, 0.25) is 0 Å². The maximum atomic E-state index is 11.2. The van der Waals surface area contributed by atoms with Crippen LogP contribution in [0.25, 0.3) is 0 Å². The Morgan fingerprint density at radius 2 is 0.562 bits per heavy atom. The molecule has 2 rings (SSSR count). The summed E-state index contributed by atoms with van der Waals surface area (Å²) in [4.78, 5) is 0. The lowest BCUT2D eigenvalue weighted by atomic mass is 9.59. The second kappa shape index (κ2) is 9.31. The lowest BCUT2D eigenvalue weighted by Crippen LogP contribution is -2.50. The molecule has 0 amide bonds. The highest BCUT2D eigenvalue weighted by atomic mass is 16.3. The number of hydrogen-bond donors (Lipinski definition) is 2. The van der Waals surface area contributed by atoms with E-state index in [1.807, 2.05) is 60.7 Å². The van der Waals surface area contributed by atoms with Gasteiger partial charge in [-0.05, 0) is 32.8 Å². The molecule has 0 saturated heterocycles. The number of benzene rings is 2. The standard InChI is InChI=1S/2C15H24O/c2*1-13(2,3)15(16,14(4,5)6)12-10-8-7-9-11-12/h2*7-11,16H,1-6H3. The van der Waals surface area contributed by atoms with E-state index in [0.717, 1.165) is 11.1 Å². The quantitative estimate of drug-likeness (QED) is 0.497. The van der Waals surface area contributed by atoms with E-state index in [4.69, 9.17) is 0 Å². The van der Waals surface area contributed by atoms with Crippen LogP contribution in [0.5, 0.6) is 0 Å². The number of hydrogen-bond acceptors (Lipinski definition) is 2. The van der Waals surface area contributed by atoms with Gasteiger partial charge in [-0.1, -0.05) is 144 Å². The van der Waals surface area contributed by atoms with E-state index in [2.05, 4.69) is 83.1 Å². The van der Waals surface area contributed by atoms with E-state index in [9.17, 15) is 10.2 Å². The molecule has 0 aliphatic carbocycles. The Morgan fingerprint density at radius 3 is 0.719 bits per heavy atom. The molecule has 2 aromatic carbocycles. The summed E-state index contributed by atoms with van der Waals surface area (Å²) in [5, 5.41) is 22.3. The van der Waals surface area contributed by atoms with Crippen LogP contribution in [0, 0.1) is 21.7 Å². The predicted molar refractivity (Wildman–Crippen MR) is 138 cm³/mol. The van der Waals surface area contributed by atoms with Crippen LogP contribution in [0.3, 0.4) is 0 Å². The van der Waals surface area contributed by atoms with Gasteiger partial charge in [-0.25, -0.2) is 0 Å². The normalized spacial score (nSPS) is 13.9. The van der Waals surface area contributed by atoms with E-state index >= 15 is 0 Å². The van der Waals surface area contributed by atoms with E-state index < -0.39 is 11.2 Å². The highest BCUT2D eigenvalue weighted by Crippen LogP contribution is 2.52. The van der Waals surface area contributed by atoms with E-state index in [1.165, 1.54) is 0 Å². The van der Waals surface area contributed by atoms with E-state index in [-0.39, 0.29) is 21.7 Å².